The van der Waals surface area contributed by atoms with Gasteiger partial charge in [-0.25, -0.2) is 0 Å². The van der Waals surface area contributed by atoms with Gasteiger partial charge >= 0.3 is 0 Å². The van der Waals surface area contributed by atoms with Crippen LogP contribution in [-0.4, -0.2) is 22.7 Å². The highest BCUT2D eigenvalue weighted by Gasteiger charge is 2.16. The number of aromatic nitrogens is 2. The molecule has 0 saturated heterocycles. The van der Waals surface area contributed by atoms with Gasteiger partial charge in [0.05, 0.1) is 17.3 Å². The lowest BCUT2D eigenvalue weighted by Gasteiger charge is -2.12. The number of carbonyl (C=O) groups excluding carboxylic acids is 1. The van der Waals surface area contributed by atoms with Crippen molar-refractivity contribution in [2.75, 3.05) is 12.4 Å². The third-order valence-electron chi connectivity index (χ3n) is 3.47. The Labute approximate surface area is 132 Å². The van der Waals surface area contributed by atoms with Gasteiger partial charge in [-0.05, 0) is 36.6 Å². The molecule has 0 aliphatic carbocycles. The highest BCUT2D eigenvalue weighted by Crippen LogP contribution is 2.15. The Morgan fingerprint density at radius 1 is 1.26 bits per heavy atom. The van der Waals surface area contributed by atoms with Crippen LogP contribution < -0.4 is 15.7 Å². The molecule has 23 heavy (non-hydrogen) atoms. The highest BCUT2D eigenvalue weighted by atomic mass is 16.6. The number of anilines is 1. The summed E-state index contributed by atoms with van der Waals surface area (Å²) in [6, 6.07) is 10.5. The van der Waals surface area contributed by atoms with Crippen molar-refractivity contribution in [1.29, 1.82) is 0 Å². The minimum absolute atomic E-state index is 0.123. The molecule has 1 amide bonds. The van der Waals surface area contributed by atoms with E-state index in [0.717, 1.165) is 10.3 Å². The topological polar surface area (TPSA) is 73.2 Å². The molecule has 0 atom stereocenters. The molecule has 6 nitrogen and oxygen atoms in total. The van der Waals surface area contributed by atoms with Crippen molar-refractivity contribution in [2.45, 2.75) is 6.92 Å². The fourth-order valence-electron chi connectivity index (χ4n) is 2.38. The van der Waals surface area contributed by atoms with Crippen LogP contribution in [0.3, 0.4) is 0 Å². The normalized spacial score (nSPS) is 10.5. The zero-order valence-electron chi connectivity index (χ0n) is 12.7. The summed E-state index contributed by atoms with van der Waals surface area (Å²) in [4.78, 5) is 34.1. The number of carbonyl (C=O) groups is 1. The third kappa shape index (κ3) is 2.78. The molecule has 3 aromatic rings. The van der Waals surface area contributed by atoms with Gasteiger partial charge in [0.15, 0.2) is 0 Å². The highest BCUT2D eigenvalue weighted by molar-refractivity contribution is 6.04. The zero-order valence-corrected chi connectivity index (χ0v) is 12.7. The first-order valence-electron chi connectivity index (χ1n) is 7.02. The first-order valence-corrected chi connectivity index (χ1v) is 7.02. The van der Waals surface area contributed by atoms with Crippen LogP contribution in [0.15, 0.2) is 53.6 Å². The molecule has 6 heteroatoms. The molecule has 0 radical (unpaired) electrons. The number of rotatable bonds is 3. The van der Waals surface area contributed by atoms with Crippen LogP contribution in [-0.2, 0) is 0 Å². The molecule has 0 aliphatic rings. The quantitative estimate of drug-likeness (QED) is 0.803. The van der Waals surface area contributed by atoms with Gasteiger partial charge in [0, 0.05) is 6.20 Å². The third-order valence-corrected chi connectivity index (χ3v) is 3.47. The van der Waals surface area contributed by atoms with Gasteiger partial charge in [0.1, 0.15) is 12.8 Å². The molecule has 2 aromatic heterocycles. The van der Waals surface area contributed by atoms with Gasteiger partial charge in [-0.3, -0.25) is 14.6 Å². The summed E-state index contributed by atoms with van der Waals surface area (Å²) in [6.45, 7) is 1.90. The Hall–Kier alpha value is -3.15. The van der Waals surface area contributed by atoms with Gasteiger partial charge in [-0.1, -0.05) is 17.7 Å². The van der Waals surface area contributed by atoms with Gasteiger partial charge < -0.3 is 10.2 Å². The number of pyridine rings is 2. The summed E-state index contributed by atoms with van der Waals surface area (Å²) in [5.74, 6) is -0.445. The van der Waals surface area contributed by atoms with Crippen LogP contribution in [0, 0.1) is 6.92 Å². The van der Waals surface area contributed by atoms with E-state index in [1.165, 1.54) is 13.3 Å². The summed E-state index contributed by atoms with van der Waals surface area (Å²) in [5, 5.41) is 3.88. The van der Waals surface area contributed by atoms with E-state index in [-0.39, 0.29) is 11.3 Å². The van der Waals surface area contributed by atoms with Gasteiger partial charge in [0.2, 0.25) is 0 Å². The Kier molecular flexibility index (Phi) is 3.80. The maximum absolute atomic E-state index is 12.5. The minimum Gasteiger partial charge on any atom is -0.413 e. The number of nitrogens with one attached hydrogen (secondary N) is 1. The molecular weight excluding hydrogens is 294 g/mol. The SMILES string of the molecule is COn1c(C(=O)Nc2cccnc2)cc2ccc(C)cc2c1=O. The fourth-order valence-corrected chi connectivity index (χ4v) is 2.38. The first-order chi connectivity index (χ1) is 11.1. The number of hydrogen-bond acceptors (Lipinski definition) is 4. The van der Waals surface area contributed by atoms with Crippen LogP contribution in [0.2, 0.25) is 0 Å². The maximum Gasteiger partial charge on any atom is 0.291 e. The number of benzene rings is 1. The second kappa shape index (κ2) is 5.92. The zero-order chi connectivity index (χ0) is 16.4. The second-order valence-electron chi connectivity index (χ2n) is 5.10. The van der Waals surface area contributed by atoms with E-state index in [4.69, 9.17) is 4.84 Å². The molecule has 2 heterocycles. The monoisotopic (exact) mass is 309 g/mol. The largest absolute Gasteiger partial charge is 0.413 e. The van der Waals surface area contributed by atoms with Crippen molar-refractivity contribution in [2.24, 2.45) is 0 Å². The van der Waals surface area contributed by atoms with Crippen molar-refractivity contribution >= 4 is 22.4 Å². The molecule has 116 valence electrons. The molecule has 0 bridgehead atoms. The minimum atomic E-state index is -0.445. The summed E-state index contributed by atoms with van der Waals surface area (Å²) in [7, 11) is 1.35. The van der Waals surface area contributed by atoms with Crippen LogP contribution in [0.1, 0.15) is 16.1 Å². The Morgan fingerprint density at radius 3 is 2.78 bits per heavy atom. The maximum atomic E-state index is 12.5. The van der Waals surface area contributed by atoms with Crippen molar-refractivity contribution in [3.63, 3.8) is 0 Å². The van der Waals surface area contributed by atoms with Crippen LogP contribution in [0.5, 0.6) is 0 Å². The second-order valence-corrected chi connectivity index (χ2v) is 5.10. The summed E-state index contributed by atoms with van der Waals surface area (Å²) in [6.07, 6.45) is 3.14. The van der Waals surface area contributed by atoms with Crippen molar-refractivity contribution in [3.05, 3.63) is 70.4 Å². The fraction of sp³-hybridized carbons (Fsp3) is 0.118. The lowest BCUT2D eigenvalue weighted by Crippen LogP contribution is -2.32. The standard InChI is InChI=1S/C17H15N3O3/c1-11-5-6-12-9-15(20(23-2)17(22)14(12)8-11)16(21)19-13-4-3-7-18-10-13/h3-10H,1-2H3,(H,19,21). The van der Waals surface area contributed by atoms with Crippen LogP contribution >= 0.6 is 0 Å². The van der Waals surface area contributed by atoms with E-state index >= 15 is 0 Å². The van der Waals surface area contributed by atoms with E-state index in [9.17, 15) is 9.59 Å². The van der Waals surface area contributed by atoms with E-state index in [0.29, 0.717) is 16.5 Å². The molecule has 1 N–H and O–H groups in total. The van der Waals surface area contributed by atoms with Gasteiger partial charge in [0.25, 0.3) is 11.5 Å². The Balaban J connectivity index is 2.11. The van der Waals surface area contributed by atoms with Gasteiger partial charge in [-0.15, -0.1) is 4.73 Å². The van der Waals surface area contributed by atoms with E-state index in [1.54, 1.807) is 30.5 Å². The molecule has 0 saturated carbocycles. The predicted molar refractivity (Wildman–Crippen MR) is 87.6 cm³/mol. The van der Waals surface area contributed by atoms with Crippen molar-refractivity contribution in [1.82, 2.24) is 9.71 Å². The average molecular weight is 309 g/mol. The first kappa shape index (κ1) is 14.8. The molecule has 1 aromatic carbocycles. The Morgan fingerprint density at radius 2 is 2.09 bits per heavy atom. The molecule has 0 unspecified atom stereocenters. The molecule has 0 spiro atoms. The Bertz CT molecular complexity index is 933. The van der Waals surface area contributed by atoms with Crippen LogP contribution in [0.25, 0.3) is 10.8 Å². The molecule has 0 aliphatic heterocycles. The van der Waals surface area contributed by atoms with Crippen molar-refractivity contribution < 1.29 is 9.63 Å². The van der Waals surface area contributed by atoms with Crippen LogP contribution in [0.4, 0.5) is 5.69 Å². The lowest BCUT2D eigenvalue weighted by atomic mass is 10.1. The lowest BCUT2D eigenvalue weighted by molar-refractivity contribution is 0.0952. The van der Waals surface area contributed by atoms with Gasteiger partial charge in [-0.2, -0.15) is 0 Å². The predicted octanol–water partition coefficient (Wildman–Crippen LogP) is 2.02. The van der Waals surface area contributed by atoms with E-state index < -0.39 is 5.91 Å². The summed E-state index contributed by atoms with van der Waals surface area (Å²) < 4.78 is 0.994. The number of nitrogens with zero attached hydrogens (tertiary/aromatic N) is 2. The number of aryl methyl sites for hydroxylation is 1. The number of fused-ring (bicyclic) bond motifs is 1. The van der Waals surface area contributed by atoms with Crippen molar-refractivity contribution in [3.8, 4) is 0 Å². The smallest absolute Gasteiger partial charge is 0.291 e. The van der Waals surface area contributed by atoms with E-state index in [1.807, 2.05) is 19.1 Å². The number of amides is 1. The summed E-state index contributed by atoms with van der Waals surface area (Å²) in [5.41, 5.74) is 1.25. The molecule has 3 rings (SSSR count). The number of hydrogen-bond donors (Lipinski definition) is 1. The average Bonchev–Trinajstić information content (AvgIpc) is 2.56. The summed E-state index contributed by atoms with van der Waals surface area (Å²) >= 11 is 0. The molecular formula is C17H15N3O3. The van der Waals surface area contributed by atoms with E-state index in [2.05, 4.69) is 10.3 Å². The molecule has 0 fully saturated rings.